The normalized spacial score (nSPS) is 31.6. The molecule has 0 bridgehead atoms. The van der Waals surface area contributed by atoms with Crippen molar-refractivity contribution in [3.8, 4) is 0 Å². The molecule has 21 heavy (non-hydrogen) atoms. The van der Waals surface area contributed by atoms with E-state index in [1.807, 2.05) is 11.8 Å². The zero-order chi connectivity index (χ0) is 14.7. The fraction of sp³-hybridized carbons (Fsp3) is 1.00. The molecule has 2 unspecified atom stereocenters. The van der Waals surface area contributed by atoms with Crippen molar-refractivity contribution >= 4 is 22.0 Å². The number of nitrogens with one attached hydrogen (secondary N) is 2. The monoisotopic (exact) mass is 333 g/mol. The Morgan fingerprint density at radius 3 is 2.67 bits per heavy atom. The molecule has 0 aromatic heterocycles. The lowest BCUT2D eigenvalue weighted by Gasteiger charge is -2.35. The number of nitrogens with zero attached hydrogens (tertiary/aromatic N) is 1. The van der Waals surface area contributed by atoms with Crippen LogP contribution in [0.4, 0.5) is 0 Å². The van der Waals surface area contributed by atoms with Gasteiger partial charge < -0.3 is 5.32 Å². The molecule has 2 aliphatic heterocycles. The highest BCUT2D eigenvalue weighted by Crippen LogP contribution is 2.25. The van der Waals surface area contributed by atoms with Crippen LogP contribution in [0.25, 0.3) is 0 Å². The van der Waals surface area contributed by atoms with E-state index in [0.29, 0.717) is 25.0 Å². The summed E-state index contributed by atoms with van der Waals surface area (Å²) in [5.74, 6) is 2.77. The summed E-state index contributed by atoms with van der Waals surface area (Å²) in [7, 11) is -3.31. The quantitative estimate of drug-likeness (QED) is 0.734. The van der Waals surface area contributed by atoms with Crippen molar-refractivity contribution in [3.05, 3.63) is 0 Å². The molecular formula is C14H27N3O2S2. The molecular weight excluding hydrogens is 306 g/mol. The van der Waals surface area contributed by atoms with E-state index in [1.165, 1.54) is 18.6 Å². The van der Waals surface area contributed by atoms with Gasteiger partial charge in [-0.25, -0.2) is 4.72 Å². The number of thioether (sulfide) groups is 1. The molecule has 0 amide bonds. The molecule has 0 aromatic carbocycles. The molecule has 1 saturated carbocycles. The third kappa shape index (κ3) is 4.58. The first-order valence-electron chi connectivity index (χ1n) is 8.23. The number of hydrogen-bond donors (Lipinski definition) is 2. The number of piperidine rings is 1. The Bertz CT molecular complexity index is 434. The lowest BCUT2D eigenvalue weighted by molar-refractivity contribution is 0.242. The maximum absolute atomic E-state index is 12.6. The van der Waals surface area contributed by atoms with Gasteiger partial charge in [0.2, 0.25) is 0 Å². The largest absolute Gasteiger partial charge is 0.312 e. The molecule has 0 spiro atoms. The second-order valence-corrected chi connectivity index (χ2v) is 9.38. The van der Waals surface area contributed by atoms with Crippen molar-refractivity contribution in [1.82, 2.24) is 14.3 Å². The zero-order valence-electron chi connectivity index (χ0n) is 12.6. The predicted molar refractivity (Wildman–Crippen MR) is 87.7 cm³/mol. The van der Waals surface area contributed by atoms with Crippen molar-refractivity contribution < 1.29 is 8.42 Å². The number of hydrogen-bond acceptors (Lipinski definition) is 4. The van der Waals surface area contributed by atoms with Crippen LogP contribution in [-0.4, -0.2) is 55.9 Å². The molecule has 3 rings (SSSR count). The molecule has 1 aliphatic carbocycles. The van der Waals surface area contributed by atoms with Gasteiger partial charge >= 0.3 is 0 Å². The Hall–Kier alpha value is 0.180. The molecule has 2 heterocycles. The summed E-state index contributed by atoms with van der Waals surface area (Å²) >= 11 is 1.93. The third-order valence-electron chi connectivity index (χ3n) is 4.68. The van der Waals surface area contributed by atoms with Gasteiger partial charge in [-0.2, -0.15) is 24.5 Å². The van der Waals surface area contributed by atoms with Gasteiger partial charge in [-0.05, 0) is 49.5 Å². The smallest absolute Gasteiger partial charge is 0.279 e. The Kier molecular flexibility index (Phi) is 5.48. The highest BCUT2D eigenvalue weighted by atomic mass is 32.2. The van der Waals surface area contributed by atoms with Gasteiger partial charge in [-0.1, -0.05) is 6.42 Å². The van der Waals surface area contributed by atoms with Gasteiger partial charge in [0, 0.05) is 31.7 Å². The summed E-state index contributed by atoms with van der Waals surface area (Å²) in [4.78, 5) is 0. The van der Waals surface area contributed by atoms with Gasteiger partial charge in [0.25, 0.3) is 10.2 Å². The lowest BCUT2D eigenvalue weighted by atomic mass is 10.1. The molecule has 3 fully saturated rings. The minimum absolute atomic E-state index is 0.134. The number of rotatable bonds is 7. The maximum atomic E-state index is 12.6. The van der Waals surface area contributed by atoms with Crippen LogP contribution < -0.4 is 10.0 Å². The summed E-state index contributed by atoms with van der Waals surface area (Å²) in [5, 5.41) is 3.49. The molecule has 2 atom stereocenters. The van der Waals surface area contributed by atoms with Gasteiger partial charge in [0.15, 0.2) is 0 Å². The minimum atomic E-state index is -3.31. The zero-order valence-corrected chi connectivity index (χ0v) is 14.2. The average molecular weight is 334 g/mol. The van der Waals surface area contributed by atoms with Crippen molar-refractivity contribution in [2.75, 3.05) is 31.1 Å². The Labute approximate surface area is 132 Å². The van der Waals surface area contributed by atoms with E-state index in [9.17, 15) is 8.42 Å². The van der Waals surface area contributed by atoms with Gasteiger partial charge in [-0.15, -0.1) is 0 Å². The standard InChI is InChI=1S/C14H27N3O2S2/c18-21(19,16-9-12-6-8-20-11-12)17-7-2-1-3-14(17)10-15-13-4-5-13/h12-16H,1-11H2. The van der Waals surface area contributed by atoms with Crippen LogP contribution >= 0.6 is 11.8 Å². The van der Waals surface area contributed by atoms with Crippen LogP contribution in [0.2, 0.25) is 0 Å². The second-order valence-electron chi connectivity index (χ2n) is 6.53. The molecule has 0 radical (unpaired) electrons. The summed E-state index contributed by atoms with van der Waals surface area (Å²) in [5.41, 5.74) is 0. The highest BCUT2D eigenvalue weighted by molar-refractivity contribution is 7.99. The van der Waals surface area contributed by atoms with Crippen LogP contribution in [0, 0.1) is 5.92 Å². The van der Waals surface area contributed by atoms with E-state index in [2.05, 4.69) is 10.0 Å². The van der Waals surface area contributed by atoms with Crippen molar-refractivity contribution in [1.29, 1.82) is 0 Å². The summed E-state index contributed by atoms with van der Waals surface area (Å²) in [6.07, 6.45) is 6.75. The molecule has 0 aromatic rings. The third-order valence-corrected chi connectivity index (χ3v) is 7.54. The van der Waals surface area contributed by atoms with Crippen LogP contribution in [0.1, 0.15) is 38.5 Å². The van der Waals surface area contributed by atoms with Crippen molar-refractivity contribution in [3.63, 3.8) is 0 Å². The Balaban J connectivity index is 1.54. The first-order valence-corrected chi connectivity index (χ1v) is 10.8. The fourth-order valence-corrected chi connectivity index (χ4v) is 5.97. The second kappa shape index (κ2) is 7.17. The first-order chi connectivity index (χ1) is 10.1. The predicted octanol–water partition coefficient (Wildman–Crippen LogP) is 1.18. The molecule has 2 N–H and O–H groups in total. The maximum Gasteiger partial charge on any atom is 0.279 e. The topological polar surface area (TPSA) is 61.4 Å². The van der Waals surface area contributed by atoms with E-state index >= 15 is 0 Å². The first kappa shape index (κ1) is 16.1. The van der Waals surface area contributed by atoms with E-state index < -0.39 is 10.2 Å². The molecule has 5 nitrogen and oxygen atoms in total. The van der Waals surface area contributed by atoms with Crippen LogP contribution in [-0.2, 0) is 10.2 Å². The van der Waals surface area contributed by atoms with E-state index in [-0.39, 0.29) is 6.04 Å². The highest BCUT2D eigenvalue weighted by Gasteiger charge is 2.33. The minimum Gasteiger partial charge on any atom is -0.312 e. The summed E-state index contributed by atoms with van der Waals surface area (Å²) in [6.45, 7) is 2.09. The van der Waals surface area contributed by atoms with E-state index in [0.717, 1.165) is 38.0 Å². The van der Waals surface area contributed by atoms with Gasteiger partial charge in [0.05, 0.1) is 0 Å². The Morgan fingerprint density at radius 1 is 1.10 bits per heavy atom. The average Bonchev–Trinajstić information content (AvgIpc) is 3.17. The van der Waals surface area contributed by atoms with Crippen molar-refractivity contribution in [2.24, 2.45) is 5.92 Å². The summed E-state index contributed by atoms with van der Waals surface area (Å²) in [6, 6.07) is 0.773. The molecule has 2 saturated heterocycles. The Morgan fingerprint density at radius 2 is 1.95 bits per heavy atom. The van der Waals surface area contributed by atoms with E-state index in [4.69, 9.17) is 0 Å². The van der Waals surface area contributed by atoms with Gasteiger partial charge in [0.1, 0.15) is 0 Å². The summed E-state index contributed by atoms with van der Waals surface area (Å²) < 4.78 is 29.8. The van der Waals surface area contributed by atoms with Crippen LogP contribution in [0.5, 0.6) is 0 Å². The molecule has 7 heteroatoms. The van der Waals surface area contributed by atoms with Crippen molar-refractivity contribution in [2.45, 2.75) is 50.6 Å². The SMILES string of the molecule is O=S(=O)(NCC1CCSC1)N1CCCCC1CNC1CC1. The van der Waals surface area contributed by atoms with Crippen LogP contribution in [0.15, 0.2) is 0 Å². The molecule has 122 valence electrons. The van der Waals surface area contributed by atoms with Crippen LogP contribution in [0.3, 0.4) is 0 Å². The van der Waals surface area contributed by atoms with E-state index in [1.54, 1.807) is 4.31 Å². The fourth-order valence-electron chi connectivity index (χ4n) is 3.14. The molecule has 3 aliphatic rings. The lowest BCUT2D eigenvalue weighted by Crippen LogP contribution is -2.53. The van der Waals surface area contributed by atoms with Gasteiger partial charge in [-0.3, -0.25) is 0 Å².